The molecule has 2 aromatic heterocycles. The summed E-state index contributed by atoms with van der Waals surface area (Å²) in [4.78, 5) is 46.4. The molecule has 2 amide bonds. The molecule has 0 bridgehead atoms. The molecule has 1 atom stereocenters. The molecule has 4 heterocycles. The molecule has 6 aromatic rings. The summed E-state index contributed by atoms with van der Waals surface area (Å²) in [7, 11) is 0. The van der Waals surface area contributed by atoms with Crippen LogP contribution in [0.2, 0.25) is 5.02 Å². The zero-order valence-corrected chi connectivity index (χ0v) is 26.3. The molecule has 4 aromatic carbocycles. The fraction of sp³-hybridized carbons (Fsp3) is 0.0882. The van der Waals surface area contributed by atoms with Gasteiger partial charge in [0, 0.05) is 21.9 Å². The van der Waals surface area contributed by atoms with Gasteiger partial charge in [-0.25, -0.2) is 8.78 Å². The van der Waals surface area contributed by atoms with Gasteiger partial charge in [-0.2, -0.15) is 0 Å². The molecule has 47 heavy (non-hydrogen) atoms. The van der Waals surface area contributed by atoms with Gasteiger partial charge in [-0.1, -0.05) is 89.3 Å². The molecule has 0 aliphatic carbocycles. The lowest BCUT2D eigenvalue weighted by atomic mass is 9.84. The predicted octanol–water partition coefficient (Wildman–Crippen LogP) is 7.32. The monoisotopic (exact) mass is 684 g/mol. The Morgan fingerprint density at radius 1 is 0.872 bits per heavy atom. The van der Waals surface area contributed by atoms with Gasteiger partial charge in [0.1, 0.15) is 17.2 Å². The predicted molar refractivity (Wildman–Crippen MR) is 175 cm³/mol. The van der Waals surface area contributed by atoms with Crippen LogP contribution in [-0.4, -0.2) is 22.0 Å². The number of fused-ring (bicyclic) bond motifs is 5. The summed E-state index contributed by atoms with van der Waals surface area (Å²) in [6, 6.07) is 23.6. The van der Waals surface area contributed by atoms with E-state index in [4.69, 9.17) is 16.0 Å². The van der Waals surface area contributed by atoms with E-state index >= 15 is 4.79 Å². The van der Waals surface area contributed by atoms with Gasteiger partial charge >= 0.3 is 0 Å². The van der Waals surface area contributed by atoms with Crippen LogP contribution >= 0.6 is 34.7 Å². The molecular formula is C34H19ClF2N4O4S2. The highest BCUT2D eigenvalue weighted by molar-refractivity contribution is 8.00. The summed E-state index contributed by atoms with van der Waals surface area (Å²) in [6.07, 6.45) is 0. The average Bonchev–Trinajstić information content (AvgIpc) is 3.71. The van der Waals surface area contributed by atoms with Gasteiger partial charge in [0.15, 0.2) is 15.3 Å². The lowest BCUT2D eigenvalue weighted by molar-refractivity contribution is -0.121. The van der Waals surface area contributed by atoms with Crippen molar-refractivity contribution >= 4 is 68.3 Å². The molecular weight excluding hydrogens is 666 g/mol. The molecule has 13 heteroatoms. The summed E-state index contributed by atoms with van der Waals surface area (Å²) in [6.45, 7) is -0.174. The van der Waals surface area contributed by atoms with Crippen LogP contribution in [0.5, 0.6) is 0 Å². The van der Waals surface area contributed by atoms with E-state index in [2.05, 4.69) is 10.2 Å². The van der Waals surface area contributed by atoms with Crippen molar-refractivity contribution in [2.24, 2.45) is 0 Å². The van der Waals surface area contributed by atoms with Crippen LogP contribution in [-0.2, 0) is 22.6 Å². The smallest absolute Gasteiger partial charge is 0.297 e. The molecule has 232 valence electrons. The molecule has 0 saturated carbocycles. The van der Waals surface area contributed by atoms with Crippen LogP contribution in [0.15, 0.2) is 105 Å². The molecule has 2 aliphatic heterocycles. The number of amides is 2. The van der Waals surface area contributed by atoms with Gasteiger partial charge in [0.2, 0.25) is 10.9 Å². The Hall–Kier alpha value is -4.91. The second-order valence-corrected chi connectivity index (χ2v) is 13.5. The van der Waals surface area contributed by atoms with E-state index in [0.29, 0.717) is 21.2 Å². The third kappa shape index (κ3) is 4.43. The topological polar surface area (TPSA) is 96.6 Å². The molecule has 1 spiro atoms. The lowest BCUT2D eigenvalue weighted by Gasteiger charge is -2.32. The zero-order chi connectivity index (χ0) is 32.4. The standard InChI is InChI=1S/C34H19ClF2N4O4S2/c35-20-13-14-26-21(15-20)28(42)27-29(45-26)30(43)41(32-38-39-33(47-32)46-17-19-8-2-5-11-24(19)37)34(27)22-9-3-6-12-25(22)40(31(34)44)16-18-7-1-4-10-23(18)36/h1-15H,16-17H2. The van der Waals surface area contributed by atoms with E-state index in [1.165, 1.54) is 47.0 Å². The van der Waals surface area contributed by atoms with E-state index < -0.39 is 28.6 Å². The maximum atomic E-state index is 15.0. The van der Waals surface area contributed by atoms with Crippen LogP contribution in [0.25, 0.3) is 11.0 Å². The number of hydrogen-bond donors (Lipinski definition) is 0. The Bertz CT molecular complexity index is 2350. The first kappa shape index (κ1) is 29.5. The van der Waals surface area contributed by atoms with Crippen LogP contribution in [0.3, 0.4) is 0 Å². The maximum absolute atomic E-state index is 15.0. The highest BCUT2D eigenvalue weighted by atomic mass is 35.5. The number of nitrogens with zero attached hydrogens (tertiary/aromatic N) is 4. The van der Waals surface area contributed by atoms with Crippen molar-refractivity contribution in [2.75, 3.05) is 9.80 Å². The molecule has 0 saturated heterocycles. The summed E-state index contributed by atoms with van der Waals surface area (Å²) in [5, 5.41) is 8.90. The van der Waals surface area contributed by atoms with Crippen LogP contribution in [0.1, 0.15) is 32.8 Å². The number of benzene rings is 4. The highest BCUT2D eigenvalue weighted by Crippen LogP contribution is 2.55. The van der Waals surface area contributed by atoms with E-state index in [-0.39, 0.29) is 56.1 Å². The Labute approximate surface area is 278 Å². The van der Waals surface area contributed by atoms with Crippen molar-refractivity contribution in [1.82, 2.24) is 10.2 Å². The summed E-state index contributed by atoms with van der Waals surface area (Å²) in [5.41, 5.74) is -1.35. The van der Waals surface area contributed by atoms with Gasteiger partial charge in [-0.15, -0.1) is 10.2 Å². The van der Waals surface area contributed by atoms with Crippen molar-refractivity contribution in [3.8, 4) is 0 Å². The van der Waals surface area contributed by atoms with E-state index in [9.17, 15) is 18.4 Å². The minimum atomic E-state index is -2.06. The van der Waals surface area contributed by atoms with Gasteiger partial charge < -0.3 is 9.32 Å². The van der Waals surface area contributed by atoms with Crippen LogP contribution in [0.4, 0.5) is 19.6 Å². The second kappa shape index (κ2) is 11.1. The molecule has 0 radical (unpaired) electrons. The first-order valence-electron chi connectivity index (χ1n) is 14.2. The summed E-state index contributed by atoms with van der Waals surface area (Å²) in [5.74, 6) is -2.40. The fourth-order valence-corrected chi connectivity index (χ4v) is 8.25. The highest BCUT2D eigenvalue weighted by Gasteiger charge is 2.66. The average molecular weight is 685 g/mol. The summed E-state index contributed by atoms with van der Waals surface area (Å²) >= 11 is 8.49. The zero-order valence-electron chi connectivity index (χ0n) is 23.9. The number of thioether (sulfide) groups is 1. The third-order valence-electron chi connectivity index (χ3n) is 8.27. The van der Waals surface area contributed by atoms with E-state index in [1.807, 2.05) is 0 Å². The number of rotatable bonds is 6. The molecule has 0 N–H and O–H groups in total. The lowest BCUT2D eigenvalue weighted by Crippen LogP contribution is -2.53. The van der Waals surface area contributed by atoms with Gasteiger partial charge in [-0.05, 0) is 42.0 Å². The molecule has 8 nitrogen and oxygen atoms in total. The molecule has 0 fully saturated rings. The number of anilines is 2. The van der Waals surface area contributed by atoms with E-state index in [1.54, 1.807) is 60.7 Å². The minimum Gasteiger partial charge on any atom is -0.450 e. The Balaban J connectivity index is 1.33. The van der Waals surface area contributed by atoms with Crippen molar-refractivity contribution in [3.05, 3.63) is 146 Å². The number of hydrogen-bond acceptors (Lipinski definition) is 8. The molecule has 2 aliphatic rings. The van der Waals surface area contributed by atoms with Crippen LogP contribution < -0.4 is 15.2 Å². The van der Waals surface area contributed by atoms with E-state index in [0.717, 1.165) is 16.2 Å². The Morgan fingerprint density at radius 3 is 2.34 bits per heavy atom. The Morgan fingerprint density at radius 2 is 1.57 bits per heavy atom. The molecule has 8 rings (SSSR count). The van der Waals surface area contributed by atoms with Gasteiger partial charge in [0.25, 0.3) is 11.8 Å². The maximum Gasteiger partial charge on any atom is 0.297 e. The van der Waals surface area contributed by atoms with Crippen molar-refractivity contribution in [1.29, 1.82) is 0 Å². The number of para-hydroxylation sites is 1. The number of carbonyl (C=O) groups excluding carboxylic acids is 2. The van der Waals surface area contributed by atoms with Crippen LogP contribution in [0, 0.1) is 11.6 Å². The second-order valence-electron chi connectivity index (χ2n) is 10.9. The number of carbonyl (C=O) groups is 2. The Kier molecular flexibility index (Phi) is 6.97. The summed E-state index contributed by atoms with van der Waals surface area (Å²) < 4.78 is 35.7. The van der Waals surface area contributed by atoms with Gasteiger partial charge in [-0.3, -0.25) is 19.3 Å². The first-order chi connectivity index (χ1) is 22.8. The minimum absolute atomic E-state index is 0.0230. The molecule has 1 unspecified atom stereocenters. The third-order valence-corrected chi connectivity index (χ3v) is 10.6. The number of aromatic nitrogens is 2. The van der Waals surface area contributed by atoms with Crippen molar-refractivity contribution in [2.45, 2.75) is 22.2 Å². The first-order valence-corrected chi connectivity index (χ1v) is 16.4. The van der Waals surface area contributed by atoms with Crippen molar-refractivity contribution < 1.29 is 22.8 Å². The normalized spacial score (nSPS) is 16.8. The largest absolute Gasteiger partial charge is 0.450 e. The quantitative estimate of drug-likeness (QED) is 0.134. The SMILES string of the molecule is O=C1c2oc3ccc(Cl)cc3c(=O)c2C2(C(=O)N(Cc3ccccc3F)c3ccccc32)N1c1nnc(SCc2ccccc2F)s1. The van der Waals surface area contributed by atoms with Crippen molar-refractivity contribution in [3.63, 3.8) is 0 Å². The van der Waals surface area contributed by atoms with Gasteiger partial charge in [0.05, 0.1) is 23.2 Å². The number of halogens is 3. The fourth-order valence-electron chi connectivity index (χ4n) is 6.20.